The average molecular weight is 352 g/mol. The summed E-state index contributed by atoms with van der Waals surface area (Å²) in [6.07, 6.45) is 0. The van der Waals surface area contributed by atoms with E-state index in [1.54, 1.807) is 5.51 Å². The lowest BCUT2D eigenvalue weighted by Crippen LogP contribution is -2.14. The Morgan fingerprint density at radius 1 is 1.52 bits per heavy atom. The molecule has 1 aromatic carbocycles. The molecule has 1 heterocycles. The van der Waals surface area contributed by atoms with Crippen molar-refractivity contribution in [2.24, 2.45) is 0 Å². The predicted molar refractivity (Wildman–Crippen MR) is 77.3 cm³/mol. The summed E-state index contributed by atoms with van der Waals surface area (Å²) >= 11 is 8.36. The molecule has 0 atom stereocenters. The summed E-state index contributed by atoms with van der Waals surface area (Å²) in [6, 6.07) is 4.03. The molecule has 1 aromatic heterocycles. The summed E-state index contributed by atoms with van der Waals surface area (Å²) in [5.74, 6) is -0.260. The van der Waals surface area contributed by atoms with Gasteiger partial charge in [0.1, 0.15) is 11.3 Å². The molecule has 1 amide bonds. The molecule has 0 saturated heterocycles. The smallest absolute Gasteiger partial charge is 0.387 e. The van der Waals surface area contributed by atoms with E-state index in [4.69, 9.17) is 11.6 Å². The van der Waals surface area contributed by atoms with Crippen molar-refractivity contribution in [1.29, 1.82) is 0 Å². The second kappa shape index (κ2) is 7.53. The third-order valence-electron chi connectivity index (χ3n) is 2.10. The van der Waals surface area contributed by atoms with Crippen LogP contribution in [0.15, 0.2) is 28.0 Å². The minimum Gasteiger partial charge on any atom is -0.433 e. The van der Waals surface area contributed by atoms with Crippen LogP contribution in [-0.4, -0.2) is 28.5 Å². The molecule has 1 N–H and O–H groups in total. The minimum absolute atomic E-state index is 0.00937. The molecule has 0 aliphatic carbocycles. The zero-order chi connectivity index (χ0) is 15.2. The number of thioether (sulfide) groups is 1. The van der Waals surface area contributed by atoms with Crippen molar-refractivity contribution in [2.75, 3.05) is 11.1 Å². The zero-order valence-electron chi connectivity index (χ0n) is 10.3. The van der Waals surface area contributed by atoms with Crippen LogP contribution in [-0.2, 0) is 4.79 Å². The highest BCUT2D eigenvalue weighted by molar-refractivity contribution is 8.01. The second-order valence-electron chi connectivity index (χ2n) is 3.57. The molecular weight excluding hydrogens is 344 g/mol. The van der Waals surface area contributed by atoms with Crippen molar-refractivity contribution in [1.82, 2.24) is 10.2 Å². The monoisotopic (exact) mass is 351 g/mol. The Hall–Kier alpha value is -1.45. The van der Waals surface area contributed by atoms with Crippen LogP contribution >= 0.6 is 34.7 Å². The Morgan fingerprint density at radius 2 is 2.33 bits per heavy atom. The SMILES string of the molecule is O=C(CSc1nncs1)Nc1ccc(OC(F)F)c(Cl)c1. The van der Waals surface area contributed by atoms with Gasteiger partial charge in [-0.2, -0.15) is 8.78 Å². The molecule has 0 fully saturated rings. The maximum Gasteiger partial charge on any atom is 0.387 e. The van der Waals surface area contributed by atoms with Crippen molar-refractivity contribution < 1.29 is 18.3 Å². The molecule has 2 rings (SSSR count). The lowest BCUT2D eigenvalue weighted by Gasteiger charge is -2.09. The maximum atomic E-state index is 12.1. The number of rotatable bonds is 6. The Morgan fingerprint density at radius 3 is 2.95 bits per heavy atom. The Labute approximate surface area is 131 Å². The standard InChI is InChI=1S/C11H8ClF2N3O2S2/c12-7-3-6(1-2-8(7)19-10(13)14)16-9(18)4-20-11-17-15-5-21-11/h1-3,5,10H,4H2,(H,16,18). The van der Waals surface area contributed by atoms with Crippen molar-refractivity contribution in [2.45, 2.75) is 11.0 Å². The third-order valence-corrected chi connectivity index (χ3v) is 4.25. The van der Waals surface area contributed by atoms with E-state index in [-0.39, 0.29) is 22.4 Å². The van der Waals surface area contributed by atoms with E-state index in [1.165, 1.54) is 41.3 Å². The molecule has 0 unspecified atom stereocenters. The number of hydrogen-bond donors (Lipinski definition) is 1. The topological polar surface area (TPSA) is 64.1 Å². The van der Waals surface area contributed by atoms with Gasteiger partial charge in [-0.3, -0.25) is 4.79 Å². The first-order chi connectivity index (χ1) is 10.0. The van der Waals surface area contributed by atoms with Gasteiger partial charge in [-0.05, 0) is 18.2 Å². The molecule has 0 spiro atoms. The van der Waals surface area contributed by atoms with Crippen LogP contribution in [0.4, 0.5) is 14.5 Å². The molecule has 112 valence electrons. The highest BCUT2D eigenvalue weighted by Crippen LogP contribution is 2.29. The highest BCUT2D eigenvalue weighted by atomic mass is 35.5. The molecule has 0 aliphatic heterocycles. The first kappa shape index (κ1) is 15.9. The molecule has 2 aromatic rings. The van der Waals surface area contributed by atoms with Crippen LogP contribution in [0.2, 0.25) is 5.02 Å². The number of alkyl halides is 2. The molecule has 21 heavy (non-hydrogen) atoms. The fourth-order valence-corrected chi connectivity index (χ4v) is 2.83. The molecular formula is C11H8ClF2N3O2S2. The van der Waals surface area contributed by atoms with E-state index >= 15 is 0 Å². The lowest BCUT2D eigenvalue weighted by molar-refractivity contribution is -0.113. The molecule has 10 heteroatoms. The van der Waals surface area contributed by atoms with Crippen molar-refractivity contribution in [3.8, 4) is 5.75 Å². The van der Waals surface area contributed by atoms with Gasteiger partial charge < -0.3 is 10.1 Å². The number of amides is 1. The Balaban J connectivity index is 1.90. The van der Waals surface area contributed by atoms with Gasteiger partial charge in [0.25, 0.3) is 0 Å². The van der Waals surface area contributed by atoms with E-state index in [0.717, 1.165) is 0 Å². The summed E-state index contributed by atoms with van der Waals surface area (Å²) in [4.78, 5) is 11.7. The fraction of sp³-hybridized carbons (Fsp3) is 0.182. The normalized spacial score (nSPS) is 10.7. The minimum atomic E-state index is -2.95. The number of aromatic nitrogens is 2. The van der Waals surface area contributed by atoms with E-state index in [1.807, 2.05) is 0 Å². The van der Waals surface area contributed by atoms with Crippen LogP contribution in [0.5, 0.6) is 5.75 Å². The zero-order valence-corrected chi connectivity index (χ0v) is 12.6. The highest BCUT2D eigenvalue weighted by Gasteiger charge is 2.11. The summed E-state index contributed by atoms with van der Waals surface area (Å²) in [5.41, 5.74) is 1.96. The summed E-state index contributed by atoms with van der Waals surface area (Å²) < 4.78 is 29.1. The largest absolute Gasteiger partial charge is 0.433 e. The quantitative estimate of drug-likeness (QED) is 0.807. The third kappa shape index (κ3) is 5.10. The van der Waals surface area contributed by atoms with Crippen LogP contribution in [0.1, 0.15) is 0 Å². The number of nitrogens with one attached hydrogen (secondary N) is 1. The predicted octanol–water partition coefficient (Wildman–Crippen LogP) is 3.52. The van der Waals surface area contributed by atoms with Gasteiger partial charge in [-0.25, -0.2) is 0 Å². The van der Waals surface area contributed by atoms with E-state index < -0.39 is 6.61 Å². The average Bonchev–Trinajstić information content (AvgIpc) is 2.92. The van der Waals surface area contributed by atoms with Crippen molar-refractivity contribution >= 4 is 46.3 Å². The maximum absolute atomic E-state index is 12.1. The van der Waals surface area contributed by atoms with E-state index in [9.17, 15) is 13.6 Å². The molecule has 5 nitrogen and oxygen atoms in total. The summed E-state index contributed by atoms with van der Waals surface area (Å²) in [5, 5.41) is 10.0. The number of benzene rings is 1. The van der Waals surface area contributed by atoms with Gasteiger partial charge in [0.15, 0.2) is 4.34 Å². The number of ether oxygens (including phenoxy) is 1. The van der Waals surface area contributed by atoms with Gasteiger partial charge in [-0.15, -0.1) is 10.2 Å². The van der Waals surface area contributed by atoms with Gasteiger partial charge >= 0.3 is 6.61 Å². The second-order valence-corrected chi connectivity index (χ2v) is 6.03. The van der Waals surface area contributed by atoms with E-state index in [0.29, 0.717) is 10.0 Å². The van der Waals surface area contributed by atoms with Gasteiger partial charge in [0, 0.05) is 5.69 Å². The number of halogens is 3. The summed E-state index contributed by atoms with van der Waals surface area (Å²) in [7, 11) is 0. The van der Waals surface area contributed by atoms with Gasteiger partial charge in [-0.1, -0.05) is 34.7 Å². The number of carbonyl (C=O) groups excluding carboxylic acids is 1. The Bertz CT molecular complexity index is 614. The van der Waals surface area contributed by atoms with Gasteiger partial charge in [0.05, 0.1) is 10.8 Å². The number of hydrogen-bond acceptors (Lipinski definition) is 6. The van der Waals surface area contributed by atoms with Crippen LogP contribution in [0, 0.1) is 0 Å². The van der Waals surface area contributed by atoms with Crippen LogP contribution < -0.4 is 10.1 Å². The molecule has 0 aliphatic rings. The lowest BCUT2D eigenvalue weighted by atomic mass is 10.3. The van der Waals surface area contributed by atoms with Crippen molar-refractivity contribution in [3.63, 3.8) is 0 Å². The fourth-order valence-electron chi connectivity index (χ4n) is 1.32. The van der Waals surface area contributed by atoms with E-state index in [2.05, 4.69) is 20.3 Å². The van der Waals surface area contributed by atoms with Crippen LogP contribution in [0.25, 0.3) is 0 Å². The molecule has 0 radical (unpaired) electrons. The molecule has 0 bridgehead atoms. The van der Waals surface area contributed by atoms with Gasteiger partial charge in [0.2, 0.25) is 5.91 Å². The first-order valence-electron chi connectivity index (χ1n) is 5.48. The molecule has 0 saturated carbocycles. The number of anilines is 1. The Kier molecular flexibility index (Phi) is 5.71. The van der Waals surface area contributed by atoms with Crippen LogP contribution in [0.3, 0.4) is 0 Å². The first-order valence-corrected chi connectivity index (χ1v) is 7.72. The number of nitrogens with zero attached hydrogens (tertiary/aromatic N) is 2. The van der Waals surface area contributed by atoms with Crippen molar-refractivity contribution in [3.05, 3.63) is 28.7 Å². The summed E-state index contributed by atoms with van der Waals surface area (Å²) in [6.45, 7) is -2.95. The number of carbonyl (C=O) groups is 1.